The maximum Gasteiger partial charge on any atom is 0.534 e. The van der Waals surface area contributed by atoms with Gasteiger partial charge in [0.15, 0.2) is 0 Å². The molecule has 1 aliphatic rings. The first-order valence-corrected chi connectivity index (χ1v) is 9.88. The zero-order valence-corrected chi connectivity index (χ0v) is 16.4. The van der Waals surface area contributed by atoms with E-state index in [-0.39, 0.29) is 31.5 Å². The van der Waals surface area contributed by atoms with Gasteiger partial charge in [-0.15, -0.1) is 0 Å². The summed E-state index contributed by atoms with van der Waals surface area (Å²) in [7, 11) is -5.88. The van der Waals surface area contributed by atoms with Crippen molar-refractivity contribution in [1.82, 2.24) is 4.90 Å². The van der Waals surface area contributed by atoms with Gasteiger partial charge in [-0.3, -0.25) is 0 Å². The Morgan fingerprint density at radius 2 is 1.71 bits per heavy atom. The molecule has 158 valence electrons. The molecule has 1 saturated heterocycles. The molecule has 0 unspecified atom stereocenters. The Bertz CT molecular complexity index is 825. The zero-order chi connectivity index (χ0) is 21.3. The number of amides is 1. The van der Waals surface area contributed by atoms with E-state index in [0.717, 1.165) is 18.2 Å². The van der Waals surface area contributed by atoms with Crippen molar-refractivity contribution in [3.8, 4) is 5.75 Å². The summed E-state index contributed by atoms with van der Waals surface area (Å²) >= 11 is 0. The van der Waals surface area contributed by atoms with Gasteiger partial charge in [-0.1, -0.05) is 0 Å². The van der Waals surface area contributed by atoms with Crippen LogP contribution in [0.25, 0.3) is 0 Å². The van der Waals surface area contributed by atoms with Gasteiger partial charge < -0.3 is 13.8 Å². The third kappa shape index (κ3) is 5.49. The van der Waals surface area contributed by atoms with Gasteiger partial charge in [-0.05, 0) is 57.7 Å². The molecular formula is C17H21F4NO5S. The van der Waals surface area contributed by atoms with Crippen LogP contribution >= 0.6 is 0 Å². The summed E-state index contributed by atoms with van der Waals surface area (Å²) in [6, 6.07) is 2.63. The third-order valence-electron chi connectivity index (χ3n) is 4.04. The molecule has 0 atom stereocenters. The number of carbonyl (C=O) groups excluding carboxylic acids is 1. The molecular weight excluding hydrogens is 406 g/mol. The van der Waals surface area contributed by atoms with Crippen molar-refractivity contribution in [3.63, 3.8) is 0 Å². The van der Waals surface area contributed by atoms with Crippen LogP contribution in [0.1, 0.15) is 45.1 Å². The first-order chi connectivity index (χ1) is 12.7. The number of carbonyl (C=O) groups is 1. The van der Waals surface area contributed by atoms with Gasteiger partial charge in [0, 0.05) is 18.7 Å². The van der Waals surface area contributed by atoms with Crippen LogP contribution in [0.4, 0.5) is 22.4 Å². The summed E-state index contributed by atoms with van der Waals surface area (Å²) in [4.78, 5) is 13.5. The highest BCUT2D eigenvalue weighted by atomic mass is 32.2. The summed E-state index contributed by atoms with van der Waals surface area (Å²) in [5.41, 5.74) is -6.26. The molecule has 0 aromatic heterocycles. The molecule has 0 radical (unpaired) electrons. The Morgan fingerprint density at radius 1 is 1.14 bits per heavy atom. The third-order valence-corrected chi connectivity index (χ3v) is 5.01. The molecule has 1 aromatic carbocycles. The largest absolute Gasteiger partial charge is 0.534 e. The van der Waals surface area contributed by atoms with Crippen molar-refractivity contribution in [2.75, 3.05) is 13.1 Å². The van der Waals surface area contributed by atoms with E-state index >= 15 is 0 Å². The van der Waals surface area contributed by atoms with E-state index in [1.807, 2.05) is 0 Å². The second-order valence-electron chi connectivity index (χ2n) is 7.41. The standard InChI is InChI=1S/C17H21F4NO5S/c1-16(2,3)26-15(23)22-8-6-11(7-9-22)13-10-12(18)4-5-14(13)27-28(24,25)17(19,20)21/h4-5,10-11H,6-9H2,1-3H3. The van der Waals surface area contributed by atoms with Crippen LogP contribution in [-0.4, -0.2) is 43.6 Å². The topological polar surface area (TPSA) is 72.9 Å². The summed E-state index contributed by atoms with van der Waals surface area (Å²) in [6.07, 6.45) is 0.0392. The van der Waals surface area contributed by atoms with Crippen LogP contribution in [0.5, 0.6) is 5.75 Å². The average Bonchev–Trinajstić information content (AvgIpc) is 2.54. The lowest BCUT2D eigenvalue weighted by molar-refractivity contribution is -0.0500. The zero-order valence-electron chi connectivity index (χ0n) is 15.5. The average molecular weight is 427 g/mol. The van der Waals surface area contributed by atoms with Gasteiger partial charge in [0.25, 0.3) is 0 Å². The maximum absolute atomic E-state index is 13.6. The van der Waals surface area contributed by atoms with Crippen molar-refractivity contribution in [2.24, 2.45) is 0 Å². The van der Waals surface area contributed by atoms with E-state index in [2.05, 4.69) is 4.18 Å². The minimum atomic E-state index is -5.88. The molecule has 2 rings (SSSR count). The van der Waals surface area contributed by atoms with E-state index < -0.39 is 44.8 Å². The molecule has 11 heteroatoms. The van der Waals surface area contributed by atoms with Crippen molar-refractivity contribution in [3.05, 3.63) is 29.6 Å². The van der Waals surface area contributed by atoms with E-state index in [0.29, 0.717) is 0 Å². The van der Waals surface area contributed by atoms with Crippen LogP contribution in [0.2, 0.25) is 0 Å². The number of ether oxygens (including phenoxy) is 1. The normalized spacial score (nSPS) is 16.8. The number of hydrogen-bond donors (Lipinski definition) is 0. The van der Waals surface area contributed by atoms with Gasteiger partial charge >= 0.3 is 21.7 Å². The lowest BCUT2D eigenvalue weighted by Gasteiger charge is -2.34. The van der Waals surface area contributed by atoms with Crippen LogP contribution in [0.3, 0.4) is 0 Å². The number of halogens is 4. The summed E-state index contributed by atoms with van der Waals surface area (Å²) in [6.45, 7) is 5.60. The second-order valence-corrected chi connectivity index (χ2v) is 8.94. The fourth-order valence-corrected chi connectivity index (χ4v) is 3.26. The summed E-state index contributed by atoms with van der Waals surface area (Å²) in [5, 5.41) is 0. The number of hydrogen-bond acceptors (Lipinski definition) is 5. The summed E-state index contributed by atoms with van der Waals surface area (Å²) in [5.74, 6) is -1.79. The van der Waals surface area contributed by atoms with Crippen molar-refractivity contribution in [1.29, 1.82) is 0 Å². The molecule has 28 heavy (non-hydrogen) atoms. The number of benzene rings is 1. The minimum absolute atomic E-state index is 0.0108. The number of rotatable bonds is 3. The van der Waals surface area contributed by atoms with Crippen molar-refractivity contribution < 1.29 is 39.7 Å². The minimum Gasteiger partial charge on any atom is -0.444 e. The molecule has 1 amide bonds. The monoisotopic (exact) mass is 427 g/mol. The highest BCUT2D eigenvalue weighted by Gasteiger charge is 2.49. The van der Waals surface area contributed by atoms with E-state index in [1.54, 1.807) is 20.8 Å². The quantitative estimate of drug-likeness (QED) is 0.411. The fraction of sp³-hybridized carbons (Fsp3) is 0.588. The lowest BCUT2D eigenvalue weighted by Crippen LogP contribution is -2.41. The highest BCUT2D eigenvalue weighted by Crippen LogP contribution is 2.37. The van der Waals surface area contributed by atoms with E-state index in [1.165, 1.54) is 4.90 Å². The van der Waals surface area contributed by atoms with Gasteiger partial charge in [0.05, 0.1) is 0 Å². The smallest absolute Gasteiger partial charge is 0.444 e. The van der Waals surface area contributed by atoms with Gasteiger partial charge in [0.2, 0.25) is 0 Å². The predicted octanol–water partition coefficient (Wildman–Crippen LogP) is 4.17. The van der Waals surface area contributed by atoms with Crippen LogP contribution < -0.4 is 4.18 Å². The fourth-order valence-electron chi connectivity index (χ4n) is 2.78. The van der Waals surface area contributed by atoms with E-state index in [9.17, 15) is 30.8 Å². The Labute approximate surface area is 160 Å². The lowest BCUT2D eigenvalue weighted by atomic mass is 9.89. The molecule has 0 bridgehead atoms. The molecule has 0 aliphatic carbocycles. The van der Waals surface area contributed by atoms with Crippen molar-refractivity contribution in [2.45, 2.75) is 50.6 Å². The van der Waals surface area contributed by atoms with Gasteiger partial charge in [-0.2, -0.15) is 21.6 Å². The summed E-state index contributed by atoms with van der Waals surface area (Å²) < 4.78 is 83.5. The molecule has 1 aliphatic heterocycles. The molecule has 6 nitrogen and oxygen atoms in total. The first-order valence-electron chi connectivity index (χ1n) is 8.48. The molecule has 1 aromatic rings. The number of piperidine rings is 1. The molecule has 0 saturated carbocycles. The Hall–Kier alpha value is -2.04. The van der Waals surface area contributed by atoms with Crippen molar-refractivity contribution >= 4 is 16.2 Å². The number of likely N-dealkylation sites (tertiary alicyclic amines) is 1. The van der Waals surface area contributed by atoms with E-state index in [4.69, 9.17) is 4.74 Å². The molecule has 0 N–H and O–H groups in total. The maximum atomic E-state index is 13.6. The number of alkyl halides is 3. The molecule has 0 spiro atoms. The SMILES string of the molecule is CC(C)(C)OC(=O)N1CCC(c2cc(F)ccc2OS(=O)(=O)C(F)(F)F)CC1. The second kappa shape index (κ2) is 7.76. The highest BCUT2D eigenvalue weighted by molar-refractivity contribution is 7.88. The van der Waals surface area contributed by atoms with Crippen LogP contribution in [0.15, 0.2) is 18.2 Å². The van der Waals surface area contributed by atoms with Gasteiger partial charge in [-0.25, -0.2) is 9.18 Å². The Morgan fingerprint density at radius 3 is 2.21 bits per heavy atom. The Balaban J connectivity index is 2.17. The van der Waals surface area contributed by atoms with Crippen LogP contribution in [-0.2, 0) is 14.9 Å². The van der Waals surface area contributed by atoms with Crippen LogP contribution in [0, 0.1) is 5.82 Å². The van der Waals surface area contributed by atoms with Gasteiger partial charge in [0.1, 0.15) is 17.2 Å². The predicted molar refractivity (Wildman–Crippen MR) is 91.8 cm³/mol. The first kappa shape index (κ1) is 22.3. The molecule has 1 heterocycles. The number of nitrogens with zero attached hydrogens (tertiary/aromatic N) is 1. The molecule has 1 fully saturated rings. The Kier molecular flexibility index (Phi) is 6.17.